The first-order chi connectivity index (χ1) is 12.0. The van der Waals surface area contributed by atoms with Crippen LogP contribution in [0.2, 0.25) is 0 Å². The Morgan fingerprint density at radius 1 is 1.19 bits per heavy atom. The molecule has 0 bridgehead atoms. The van der Waals surface area contributed by atoms with Gasteiger partial charge < -0.3 is 5.11 Å². The molecule has 8 heteroatoms. The van der Waals surface area contributed by atoms with Crippen molar-refractivity contribution >= 4 is 16.0 Å². The van der Waals surface area contributed by atoms with Gasteiger partial charge in [0.05, 0.1) is 10.6 Å². The lowest BCUT2D eigenvalue weighted by Crippen LogP contribution is -2.36. The van der Waals surface area contributed by atoms with Gasteiger partial charge in [-0.15, -0.1) is 0 Å². The zero-order valence-electron chi connectivity index (χ0n) is 15.4. The quantitative estimate of drug-likeness (QED) is 0.885. The Balaban J connectivity index is 1.93. The van der Waals surface area contributed by atoms with Crippen molar-refractivity contribution in [3.8, 4) is 0 Å². The molecule has 1 aliphatic rings. The van der Waals surface area contributed by atoms with Gasteiger partial charge in [-0.25, -0.2) is 13.2 Å². The number of carbonyl (C=O) groups is 1. The van der Waals surface area contributed by atoms with Crippen LogP contribution in [0.3, 0.4) is 0 Å². The van der Waals surface area contributed by atoms with Crippen molar-refractivity contribution in [3.05, 3.63) is 46.8 Å². The number of aromatic nitrogens is 2. The number of carboxylic acid groups (broad SMARTS) is 1. The Bertz CT molecular complexity index is 954. The highest BCUT2D eigenvalue weighted by Gasteiger charge is 2.33. The van der Waals surface area contributed by atoms with Gasteiger partial charge in [0.15, 0.2) is 5.69 Å². The number of fused-ring (bicyclic) bond motifs is 1. The van der Waals surface area contributed by atoms with E-state index in [-0.39, 0.29) is 29.1 Å². The SMILES string of the molecule is Cn1nc2c(c1C(=O)O)CN(S(=O)(=O)c1ccc(C(C)(C)C)cc1)CC2. The fraction of sp³-hybridized carbons (Fsp3) is 0.444. The first-order valence-electron chi connectivity index (χ1n) is 8.40. The van der Waals surface area contributed by atoms with Crippen molar-refractivity contribution in [1.29, 1.82) is 0 Å². The molecule has 0 radical (unpaired) electrons. The largest absolute Gasteiger partial charge is 0.477 e. The molecular formula is C18H23N3O4S. The fourth-order valence-corrected chi connectivity index (χ4v) is 4.63. The average Bonchev–Trinajstić information content (AvgIpc) is 2.89. The van der Waals surface area contributed by atoms with Gasteiger partial charge >= 0.3 is 5.97 Å². The number of hydrogen-bond acceptors (Lipinski definition) is 4. The maximum atomic E-state index is 13.0. The van der Waals surface area contributed by atoms with E-state index in [1.54, 1.807) is 19.2 Å². The highest BCUT2D eigenvalue weighted by molar-refractivity contribution is 7.89. The van der Waals surface area contributed by atoms with Gasteiger partial charge in [0.25, 0.3) is 0 Å². The third kappa shape index (κ3) is 3.14. The molecule has 0 amide bonds. The second-order valence-electron chi connectivity index (χ2n) is 7.57. The molecule has 1 aromatic heterocycles. The predicted molar refractivity (Wildman–Crippen MR) is 96.6 cm³/mol. The molecule has 2 aromatic rings. The van der Waals surface area contributed by atoms with Crippen LogP contribution in [-0.2, 0) is 35.5 Å². The van der Waals surface area contributed by atoms with Crippen molar-refractivity contribution in [1.82, 2.24) is 14.1 Å². The molecule has 1 aliphatic heterocycles. The lowest BCUT2D eigenvalue weighted by atomic mass is 9.87. The van der Waals surface area contributed by atoms with Crippen molar-refractivity contribution in [2.75, 3.05) is 6.54 Å². The molecule has 140 valence electrons. The van der Waals surface area contributed by atoms with Gasteiger partial charge in [0.2, 0.25) is 10.0 Å². The summed E-state index contributed by atoms with van der Waals surface area (Å²) in [6.45, 7) is 6.51. The van der Waals surface area contributed by atoms with Crippen LogP contribution in [0.5, 0.6) is 0 Å². The average molecular weight is 377 g/mol. The normalized spacial score (nSPS) is 15.7. The van der Waals surface area contributed by atoms with Crippen molar-refractivity contribution in [2.24, 2.45) is 7.05 Å². The molecule has 0 saturated carbocycles. The minimum Gasteiger partial charge on any atom is -0.477 e. The minimum absolute atomic E-state index is 0.0220. The maximum Gasteiger partial charge on any atom is 0.354 e. The summed E-state index contributed by atoms with van der Waals surface area (Å²) in [6.07, 6.45) is 0.399. The van der Waals surface area contributed by atoms with Crippen LogP contribution >= 0.6 is 0 Å². The van der Waals surface area contributed by atoms with E-state index in [0.29, 0.717) is 17.7 Å². The molecule has 0 unspecified atom stereocenters. The summed E-state index contributed by atoms with van der Waals surface area (Å²) in [5, 5.41) is 13.6. The first-order valence-corrected chi connectivity index (χ1v) is 9.84. The van der Waals surface area contributed by atoms with E-state index in [9.17, 15) is 18.3 Å². The smallest absolute Gasteiger partial charge is 0.354 e. The molecule has 26 heavy (non-hydrogen) atoms. The standard InChI is InChI=1S/C18H23N3O4S/c1-18(2,3)12-5-7-13(8-6-12)26(24,25)21-10-9-15-14(11-21)16(17(22)23)20(4)19-15/h5-8H,9-11H2,1-4H3,(H,22,23). The summed E-state index contributed by atoms with van der Waals surface area (Å²) in [4.78, 5) is 11.7. The predicted octanol–water partition coefficient (Wildman–Crippen LogP) is 2.16. The van der Waals surface area contributed by atoms with Crippen molar-refractivity contribution in [2.45, 2.75) is 44.0 Å². The zero-order chi connectivity index (χ0) is 19.3. The molecule has 0 atom stereocenters. The maximum absolute atomic E-state index is 13.0. The van der Waals surface area contributed by atoms with Crippen LogP contribution in [0.4, 0.5) is 0 Å². The van der Waals surface area contributed by atoms with Gasteiger partial charge in [-0.05, 0) is 23.1 Å². The number of carboxylic acids is 1. The van der Waals surface area contributed by atoms with E-state index < -0.39 is 16.0 Å². The van der Waals surface area contributed by atoms with E-state index in [1.807, 2.05) is 12.1 Å². The summed E-state index contributed by atoms with van der Waals surface area (Å²) in [6, 6.07) is 6.89. The number of rotatable bonds is 3. The summed E-state index contributed by atoms with van der Waals surface area (Å²) in [5.41, 5.74) is 2.16. The highest BCUT2D eigenvalue weighted by Crippen LogP contribution is 2.28. The molecule has 0 fully saturated rings. The molecule has 1 N–H and O–H groups in total. The summed E-state index contributed by atoms with van der Waals surface area (Å²) in [5.74, 6) is -1.10. The second-order valence-corrected chi connectivity index (χ2v) is 9.50. The lowest BCUT2D eigenvalue weighted by molar-refractivity contribution is 0.0683. The molecule has 0 spiro atoms. The van der Waals surface area contributed by atoms with Crippen LogP contribution in [0.15, 0.2) is 29.2 Å². The first kappa shape index (κ1) is 18.6. The Morgan fingerprint density at radius 3 is 2.35 bits per heavy atom. The van der Waals surface area contributed by atoms with Gasteiger partial charge in [-0.1, -0.05) is 32.9 Å². The van der Waals surface area contributed by atoms with Crippen LogP contribution in [0.1, 0.15) is 48.1 Å². The van der Waals surface area contributed by atoms with E-state index in [2.05, 4.69) is 25.9 Å². The van der Waals surface area contributed by atoms with Crippen LogP contribution in [0.25, 0.3) is 0 Å². The lowest BCUT2D eigenvalue weighted by Gasteiger charge is -2.26. The second kappa shape index (κ2) is 6.21. The topological polar surface area (TPSA) is 92.5 Å². The highest BCUT2D eigenvalue weighted by atomic mass is 32.2. The van der Waals surface area contributed by atoms with E-state index in [0.717, 1.165) is 5.56 Å². The van der Waals surface area contributed by atoms with Gasteiger partial charge in [-0.2, -0.15) is 9.40 Å². The van der Waals surface area contributed by atoms with Gasteiger partial charge in [-0.3, -0.25) is 4.68 Å². The number of aryl methyl sites for hydroxylation is 1. The Hall–Kier alpha value is -2.19. The van der Waals surface area contributed by atoms with Crippen LogP contribution in [0, 0.1) is 0 Å². The van der Waals surface area contributed by atoms with Gasteiger partial charge in [0.1, 0.15) is 0 Å². The summed E-state index contributed by atoms with van der Waals surface area (Å²) >= 11 is 0. The van der Waals surface area contributed by atoms with Crippen molar-refractivity contribution < 1.29 is 18.3 Å². The Morgan fingerprint density at radius 2 is 1.81 bits per heavy atom. The van der Waals surface area contributed by atoms with Crippen molar-refractivity contribution in [3.63, 3.8) is 0 Å². The Labute approximate surface area is 153 Å². The third-order valence-electron chi connectivity index (χ3n) is 4.72. The number of benzene rings is 1. The van der Waals surface area contributed by atoms with Crippen LogP contribution in [-0.4, -0.2) is 40.1 Å². The van der Waals surface area contributed by atoms with E-state index in [4.69, 9.17) is 0 Å². The number of aromatic carboxylic acids is 1. The minimum atomic E-state index is -3.70. The number of hydrogen-bond donors (Lipinski definition) is 1. The van der Waals surface area contributed by atoms with E-state index >= 15 is 0 Å². The molecule has 0 saturated heterocycles. The molecule has 3 rings (SSSR count). The monoisotopic (exact) mass is 377 g/mol. The van der Waals surface area contributed by atoms with Crippen LogP contribution < -0.4 is 0 Å². The Kier molecular flexibility index (Phi) is 4.44. The summed E-state index contributed by atoms with van der Waals surface area (Å²) < 4.78 is 28.6. The number of sulfonamides is 1. The number of nitrogens with zero attached hydrogens (tertiary/aromatic N) is 3. The van der Waals surface area contributed by atoms with E-state index in [1.165, 1.54) is 8.99 Å². The third-order valence-corrected chi connectivity index (χ3v) is 6.58. The molecule has 2 heterocycles. The summed E-state index contributed by atoms with van der Waals surface area (Å²) in [7, 11) is -2.14. The molecular weight excluding hydrogens is 354 g/mol. The molecule has 1 aromatic carbocycles. The zero-order valence-corrected chi connectivity index (χ0v) is 16.2. The van der Waals surface area contributed by atoms with Gasteiger partial charge in [0, 0.05) is 32.1 Å². The fourth-order valence-electron chi connectivity index (χ4n) is 3.23. The molecule has 7 nitrogen and oxygen atoms in total. The molecule has 0 aliphatic carbocycles.